The Morgan fingerprint density at radius 1 is 1.56 bits per heavy atom. The van der Waals surface area contributed by atoms with Crippen molar-refractivity contribution in [2.45, 2.75) is 0 Å². The minimum Gasteiger partial charge on any atom is -0.506 e. The van der Waals surface area contributed by atoms with Gasteiger partial charge in [0.1, 0.15) is 5.75 Å². The Bertz CT molecular complexity index is 411. The summed E-state index contributed by atoms with van der Waals surface area (Å²) in [5.74, 6) is -0.547. The van der Waals surface area contributed by atoms with Gasteiger partial charge in [-0.3, -0.25) is 4.79 Å². The van der Waals surface area contributed by atoms with E-state index in [1.807, 2.05) is 0 Å². The van der Waals surface area contributed by atoms with Crippen LogP contribution >= 0.6 is 27.5 Å². The van der Waals surface area contributed by atoms with Gasteiger partial charge in [0.2, 0.25) is 0 Å². The van der Waals surface area contributed by atoms with Crippen LogP contribution in [0.15, 0.2) is 16.6 Å². The summed E-state index contributed by atoms with van der Waals surface area (Å²) >= 11 is 8.89. The van der Waals surface area contributed by atoms with Gasteiger partial charge in [0.05, 0.1) is 16.6 Å². The molecule has 0 heterocycles. The van der Waals surface area contributed by atoms with Gasteiger partial charge in [0.15, 0.2) is 0 Å². The second-order valence-electron chi connectivity index (χ2n) is 3.23. The minimum atomic E-state index is -0.394. The smallest absolute Gasteiger partial charge is 0.257 e. The van der Waals surface area contributed by atoms with E-state index in [9.17, 15) is 9.90 Å². The maximum absolute atomic E-state index is 11.8. The molecule has 6 heteroatoms. The van der Waals surface area contributed by atoms with Crippen LogP contribution in [0, 0.1) is 0 Å². The number of halogens is 2. The van der Waals surface area contributed by atoms with Crippen LogP contribution in [0.5, 0.6) is 5.75 Å². The highest BCUT2D eigenvalue weighted by Crippen LogP contribution is 2.32. The molecule has 0 aliphatic rings. The quantitative estimate of drug-likeness (QED) is 0.896. The first-order valence-electron chi connectivity index (χ1n) is 4.51. The summed E-state index contributed by atoms with van der Waals surface area (Å²) in [6, 6.07) is 2.89. The first-order chi connectivity index (χ1) is 7.47. The number of rotatable bonds is 3. The maximum atomic E-state index is 11.8. The summed E-state index contributed by atoms with van der Waals surface area (Å²) in [4.78, 5) is 13.1. The molecule has 0 bridgehead atoms. The third-order valence-electron chi connectivity index (χ3n) is 2.04. The predicted molar refractivity (Wildman–Crippen MR) is 64.9 cm³/mol. The van der Waals surface area contributed by atoms with Gasteiger partial charge in [0, 0.05) is 18.6 Å². The molecule has 0 aromatic heterocycles. The highest BCUT2D eigenvalue weighted by atomic mass is 79.9. The third-order valence-corrected chi connectivity index (χ3v) is 2.86. The van der Waals surface area contributed by atoms with E-state index in [2.05, 4.69) is 15.9 Å². The van der Waals surface area contributed by atoms with Crippen LogP contribution in [0.1, 0.15) is 10.4 Å². The molecule has 0 atom stereocenters. The lowest BCUT2D eigenvalue weighted by Crippen LogP contribution is -2.29. The molecule has 0 aliphatic heterocycles. The lowest BCUT2D eigenvalue weighted by Gasteiger charge is -2.16. The van der Waals surface area contributed by atoms with Crippen LogP contribution in [0.4, 0.5) is 0 Å². The van der Waals surface area contributed by atoms with Gasteiger partial charge in [-0.1, -0.05) is 11.6 Å². The molecule has 0 saturated carbocycles. The van der Waals surface area contributed by atoms with Gasteiger partial charge in [-0.2, -0.15) is 0 Å². The number of hydrogen-bond acceptors (Lipinski definition) is 3. The van der Waals surface area contributed by atoms with E-state index in [0.717, 1.165) is 0 Å². The molecule has 88 valence electrons. The summed E-state index contributed by atoms with van der Waals surface area (Å²) in [5, 5.41) is 18.8. The zero-order chi connectivity index (χ0) is 12.3. The second-order valence-corrected chi connectivity index (χ2v) is 4.52. The van der Waals surface area contributed by atoms with Crippen LogP contribution < -0.4 is 0 Å². The van der Waals surface area contributed by atoms with Gasteiger partial charge in [0.25, 0.3) is 5.91 Å². The fraction of sp³-hybridized carbons (Fsp3) is 0.300. The van der Waals surface area contributed by atoms with E-state index in [-0.39, 0.29) is 24.5 Å². The van der Waals surface area contributed by atoms with Crippen molar-refractivity contribution in [2.24, 2.45) is 0 Å². The lowest BCUT2D eigenvalue weighted by molar-refractivity contribution is 0.0764. The molecular formula is C10H11BrClNO3. The largest absolute Gasteiger partial charge is 0.506 e. The van der Waals surface area contributed by atoms with E-state index >= 15 is 0 Å². The fourth-order valence-corrected chi connectivity index (χ4v) is 2.00. The summed E-state index contributed by atoms with van der Waals surface area (Å²) in [6.45, 7) is 0.0626. The number of carbonyl (C=O) groups is 1. The molecule has 0 aliphatic carbocycles. The van der Waals surface area contributed by atoms with Gasteiger partial charge in [-0.15, -0.1) is 0 Å². The molecule has 1 aromatic rings. The second kappa shape index (κ2) is 5.52. The van der Waals surface area contributed by atoms with Crippen LogP contribution in [0.2, 0.25) is 5.02 Å². The van der Waals surface area contributed by atoms with Crippen LogP contribution in [0.3, 0.4) is 0 Å². The summed E-state index contributed by atoms with van der Waals surface area (Å²) in [6.07, 6.45) is 0. The number of likely N-dealkylation sites (N-methyl/N-ethyl adjacent to an activating group) is 1. The van der Waals surface area contributed by atoms with Crippen molar-refractivity contribution >= 4 is 33.4 Å². The Morgan fingerprint density at radius 2 is 2.19 bits per heavy atom. The normalized spacial score (nSPS) is 10.2. The SMILES string of the molecule is CN(CCO)C(=O)c1cc(Cl)cc(Br)c1O. The maximum Gasteiger partial charge on any atom is 0.257 e. The molecule has 0 radical (unpaired) electrons. The number of amides is 1. The molecule has 1 rings (SSSR count). The highest BCUT2D eigenvalue weighted by Gasteiger charge is 2.18. The molecule has 0 unspecified atom stereocenters. The average molecular weight is 309 g/mol. The molecular weight excluding hydrogens is 297 g/mol. The third kappa shape index (κ3) is 2.87. The number of carbonyl (C=O) groups excluding carboxylic acids is 1. The Morgan fingerprint density at radius 3 is 2.75 bits per heavy atom. The first-order valence-corrected chi connectivity index (χ1v) is 5.68. The van der Waals surface area contributed by atoms with Crippen molar-refractivity contribution in [1.29, 1.82) is 0 Å². The number of aromatic hydroxyl groups is 1. The standard InChI is InChI=1S/C10H11BrClNO3/c1-13(2-3-14)10(16)7-4-6(12)5-8(11)9(7)15/h4-5,14-15H,2-3H2,1H3. The van der Waals surface area contributed by atoms with Crippen LogP contribution in [-0.4, -0.2) is 41.2 Å². The van der Waals surface area contributed by atoms with Crippen molar-refractivity contribution in [1.82, 2.24) is 4.90 Å². The zero-order valence-electron chi connectivity index (χ0n) is 8.57. The topological polar surface area (TPSA) is 60.8 Å². The Labute approximate surface area is 107 Å². The Kier molecular flexibility index (Phi) is 4.58. The number of phenols is 1. The molecule has 1 aromatic carbocycles. The molecule has 4 nitrogen and oxygen atoms in total. The minimum absolute atomic E-state index is 0.107. The summed E-state index contributed by atoms with van der Waals surface area (Å²) < 4.78 is 0.362. The number of aliphatic hydroxyl groups is 1. The van der Waals surface area contributed by atoms with E-state index in [1.165, 1.54) is 24.1 Å². The van der Waals surface area contributed by atoms with E-state index in [0.29, 0.717) is 9.50 Å². The number of aliphatic hydroxyl groups excluding tert-OH is 1. The van der Waals surface area contributed by atoms with Crippen molar-refractivity contribution in [3.8, 4) is 5.75 Å². The van der Waals surface area contributed by atoms with E-state index in [4.69, 9.17) is 16.7 Å². The molecule has 0 fully saturated rings. The van der Waals surface area contributed by atoms with Gasteiger partial charge < -0.3 is 15.1 Å². The number of benzene rings is 1. The van der Waals surface area contributed by atoms with Crippen LogP contribution in [-0.2, 0) is 0 Å². The molecule has 1 amide bonds. The van der Waals surface area contributed by atoms with Crippen molar-refractivity contribution < 1.29 is 15.0 Å². The van der Waals surface area contributed by atoms with E-state index in [1.54, 1.807) is 0 Å². The Hall–Kier alpha value is -0.780. The Balaban J connectivity index is 3.08. The van der Waals surface area contributed by atoms with Gasteiger partial charge in [-0.25, -0.2) is 0 Å². The van der Waals surface area contributed by atoms with E-state index < -0.39 is 5.91 Å². The number of nitrogens with zero attached hydrogens (tertiary/aromatic N) is 1. The van der Waals surface area contributed by atoms with Crippen molar-refractivity contribution in [3.63, 3.8) is 0 Å². The fourth-order valence-electron chi connectivity index (χ4n) is 1.19. The molecule has 16 heavy (non-hydrogen) atoms. The lowest BCUT2D eigenvalue weighted by atomic mass is 10.2. The van der Waals surface area contributed by atoms with Crippen molar-refractivity contribution in [2.75, 3.05) is 20.2 Å². The van der Waals surface area contributed by atoms with Crippen LogP contribution in [0.25, 0.3) is 0 Å². The van der Waals surface area contributed by atoms with Crippen molar-refractivity contribution in [3.05, 3.63) is 27.2 Å². The molecule has 0 saturated heterocycles. The monoisotopic (exact) mass is 307 g/mol. The molecule has 2 N–H and O–H groups in total. The predicted octanol–water partition coefficient (Wildman–Crippen LogP) is 1.87. The first kappa shape index (κ1) is 13.3. The average Bonchev–Trinajstić information content (AvgIpc) is 2.22. The van der Waals surface area contributed by atoms with Gasteiger partial charge in [-0.05, 0) is 28.1 Å². The zero-order valence-corrected chi connectivity index (χ0v) is 10.9. The molecule has 0 spiro atoms. The summed E-state index contributed by atoms with van der Waals surface area (Å²) in [5.41, 5.74) is 0.107. The number of hydrogen-bond donors (Lipinski definition) is 2. The summed E-state index contributed by atoms with van der Waals surface area (Å²) in [7, 11) is 1.53. The number of phenolic OH excluding ortho intramolecular Hbond substituents is 1. The van der Waals surface area contributed by atoms with Gasteiger partial charge >= 0.3 is 0 Å². The highest BCUT2D eigenvalue weighted by molar-refractivity contribution is 9.10.